The summed E-state index contributed by atoms with van der Waals surface area (Å²) in [5, 5.41) is -0.565. The van der Waals surface area contributed by atoms with Crippen molar-refractivity contribution < 1.29 is 14.3 Å². The van der Waals surface area contributed by atoms with Crippen LogP contribution in [0, 0.1) is 0 Å². The highest BCUT2D eigenvalue weighted by Crippen LogP contribution is 2.22. The molecule has 21 heavy (non-hydrogen) atoms. The molecule has 116 valence electrons. The van der Waals surface area contributed by atoms with E-state index in [2.05, 4.69) is 0 Å². The second-order valence-corrected chi connectivity index (χ2v) is 5.35. The maximum atomic E-state index is 12.0. The third-order valence-electron chi connectivity index (χ3n) is 3.48. The van der Waals surface area contributed by atoms with E-state index in [0.29, 0.717) is 19.4 Å². The molecular weight excluding hydrogens is 290 g/mol. The van der Waals surface area contributed by atoms with Crippen LogP contribution in [0.1, 0.15) is 38.3 Å². The van der Waals surface area contributed by atoms with E-state index in [0.717, 1.165) is 5.56 Å². The summed E-state index contributed by atoms with van der Waals surface area (Å²) in [5.74, 6) is -0.00570. The molecule has 0 radical (unpaired) electrons. The molecule has 0 aliphatic carbocycles. The number of alkyl halides is 1. The van der Waals surface area contributed by atoms with E-state index in [9.17, 15) is 9.59 Å². The number of amides is 1. The number of halogens is 1. The molecule has 4 nitrogen and oxygen atoms in total. The van der Waals surface area contributed by atoms with Gasteiger partial charge in [-0.25, -0.2) is 4.79 Å². The Morgan fingerprint density at radius 2 is 1.90 bits per heavy atom. The largest absolute Gasteiger partial charge is 0.453 e. The number of hydrogen-bond donors (Lipinski definition) is 0. The van der Waals surface area contributed by atoms with Gasteiger partial charge in [-0.15, -0.1) is 11.6 Å². The quantitative estimate of drug-likeness (QED) is 0.720. The van der Waals surface area contributed by atoms with Crippen LogP contribution in [-0.4, -0.2) is 35.8 Å². The molecule has 0 unspecified atom stereocenters. The van der Waals surface area contributed by atoms with Crippen LogP contribution in [0.3, 0.4) is 0 Å². The van der Waals surface area contributed by atoms with Crippen molar-refractivity contribution in [2.75, 3.05) is 13.7 Å². The van der Waals surface area contributed by atoms with Gasteiger partial charge in [0.05, 0.1) is 18.5 Å². The molecule has 0 heterocycles. The average Bonchev–Trinajstić information content (AvgIpc) is 2.54. The molecule has 0 spiro atoms. The van der Waals surface area contributed by atoms with E-state index >= 15 is 0 Å². The molecule has 0 N–H and O–H groups in total. The zero-order valence-electron chi connectivity index (χ0n) is 12.7. The van der Waals surface area contributed by atoms with E-state index < -0.39 is 11.5 Å². The second-order valence-electron chi connectivity index (χ2n) is 4.83. The number of Topliss-reactive ketones (excluding diaryl/α,β-unsaturated/α-hetero) is 1. The summed E-state index contributed by atoms with van der Waals surface area (Å²) in [6, 6.07) is 9.54. The zero-order valence-corrected chi connectivity index (χ0v) is 13.5. The van der Waals surface area contributed by atoms with E-state index in [4.69, 9.17) is 16.3 Å². The fourth-order valence-electron chi connectivity index (χ4n) is 2.11. The van der Waals surface area contributed by atoms with Crippen molar-refractivity contribution in [2.45, 2.75) is 38.1 Å². The van der Waals surface area contributed by atoms with Crippen molar-refractivity contribution in [3.05, 3.63) is 35.9 Å². The SMILES string of the molecule is CCC(=O)[C@H](Cl)CCN(C(=O)OC)[C@H](C)c1ccccc1. The Morgan fingerprint density at radius 1 is 1.29 bits per heavy atom. The summed E-state index contributed by atoms with van der Waals surface area (Å²) in [6.07, 6.45) is 0.403. The Kier molecular flexibility index (Phi) is 7.23. The maximum Gasteiger partial charge on any atom is 0.409 e. The topological polar surface area (TPSA) is 46.6 Å². The Balaban J connectivity index is 2.77. The molecule has 0 bridgehead atoms. The highest BCUT2D eigenvalue weighted by atomic mass is 35.5. The minimum atomic E-state index is -0.565. The fourth-order valence-corrected chi connectivity index (χ4v) is 2.36. The summed E-state index contributed by atoms with van der Waals surface area (Å²) in [4.78, 5) is 25.1. The second kappa shape index (κ2) is 8.67. The van der Waals surface area contributed by atoms with Crippen LogP contribution in [0.25, 0.3) is 0 Å². The van der Waals surface area contributed by atoms with Crippen LogP contribution in [0.15, 0.2) is 30.3 Å². The van der Waals surface area contributed by atoms with Gasteiger partial charge in [0.2, 0.25) is 0 Å². The van der Waals surface area contributed by atoms with Gasteiger partial charge in [0.1, 0.15) is 5.78 Å². The molecule has 0 aliphatic rings. The number of carbonyl (C=O) groups excluding carboxylic acids is 2. The van der Waals surface area contributed by atoms with Crippen LogP contribution in [0.4, 0.5) is 4.79 Å². The number of rotatable bonds is 7. The first kappa shape index (κ1) is 17.5. The Labute approximate surface area is 131 Å². The van der Waals surface area contributed by atoms with Gasteiger partial charge >= 0.3 is 6.09 Å². The van der Waals surface area contributed by atoms with E-state index in [1.165, 1.54) is 7.11 Å². The molecule has 1 aromatic rings. The third-order valence-corrected chi connectivity index (χ3v) is 3.94. The van der Waals surface area contributed by atoms with Gasteiger partial charge in [-0.2, -0.15) is 0 Å². The van der Waals surface area contributed by atoms with Crippen LogP contribution in [-0.2, 0) is 9.53 Å². The summed E-state index contributed by atoms with van der Waals surface area (Å²) in [5.41, 5.74) is 1.01. The van der Waals surface area contributed by atoms with Crippen LogP contribution >= 0.6 is 11.6 Å². The minimum absolute atomic E-state index is 0.00570. The molecule has 0 saturated heterocycles. The predicted octanol–water partition coefficient (Wildman–Crippen LogP) is 3.79. The number of ether oxygens (including phenoxy) is 1. The van der Waals surface area contributed by atoms with Crippen LogP contribution < -0.4 is 0 Å². The molecule has 1 aromatic carbocycles. The number of nitrogens with zero attached hydrogens (tertiary/aromatic N) is 1. The summed E-state index contributed by atoms with van der Waals surface area (Å²) >= 11 is 6.05. The van der Waals surface area contributed by atoms with Gasteiger partial charge in [-0.05, 0) is 18.9 Å². The van der Waals surface area contributed by atoms with Crippen molar-refractivity contribution in [1.29, 1.82) is 0 Å². The summed E-state index contributed by atoms with van der Waals surface area (Å²) in [6.45, 7) is 4.09. The van der Waals surface area contributed by atoms with Crippen LogP contribution in [0.5, 0.6) is 0 Å². The number of ketones is 1. The van der Waals surface area contributed by atoms with E-state index in [1.54, 1.807) is 11.8 Å². The lowest BCUT2D eigenvalue weighted by atomic mass is 10.1. The predicted molar refractivity (Wildman–Crippen MR) is 83.5 cm³/mol. The Hall–Kier alpha value is -1.55. The smallest absolute Gasteiger partial charge is 0.409 e. The van der Waals surface area contributed by atoms with Crippen molar-refractivity contribution in [3.8, 4) is 0 Å². The number of benzene rings is 1. The maximum absolute atomic E-state index is 12.0. The molecule has 0 aliphatic heterocycles. The highest BCUT2D eigenvalue weighted by Gasteiger charge is 2.24. The molecule has 2 atom stereocenters. The number of hydrogen-bond acceptors (Lipinski definition) is 3. The first-order chi connectivity index (χ1) is 10.0. The number of methoxy groups -OCH3 is 1. The molecule has 0 aromatic heterocycles. The lowest BCUT2D eigenvalue weighted by Gasteiger charge is -2.28. The first-order valence-corrected chi connectivity index (χ1v) is 7.51. The van der Waals surface area contributed by atoms with Gasteiger partial charge < -0.3 is 9.64 Å². The van der Waals surface area contributed by atoms with Gasteiger partial charge in [0, 0.05) is 13.0 Å². The molecule has 0 fully saturated rings. The standard InChI is InChI=1S/C16H22ClNO3/c1-4-15(19)14(17)10-11-18(16(20)21-3)12(2)13-8-6-5-7-9-13/h5-9,12,14H,4,10-11H2,1-3H3/t12-,14-/m1/s1. The summed E-state index contributed by atoms with van der Waals surface area (Å²) in [7, 11) is 1.35. The lowest BCUT2D eigenvalue weighted by Crippen LogP contribution is -2.36. The minimum Gasteiger partial charge on any atom is -0.453 e. The van der Waals surface area contributed by atoms with Crippen LogP contribution in [0.2, 0.25) is 0 Å². The van der Waals surface area contributed by atoms with E-state index in [-0.39, 0.29) is 11.8 Å². The highest BCUT2D eigenvalue weighted by molar-refractivity contribution is 6.31. The Bertz CT molecular complexity index is 464. The molecule has 1 amide bonds. The zero-order chi connectivity index (χ0) is 15.8. The first-order valence-electron chi connectivity index (χ1n) is 7.07. The summed E-state index contributed by atoms with van der Waals surface area (Å²) < 4.78 is 4.83. The monoisotopic (exact) mass is 311 g/mol. The van der Waals surface area contributed by atoms with E-state index in [1.807, 2.05) is 37.3 Å². The molecule has 1 rings (SSSR count). The molecule has 5 heteroatoms. The lowest BCUT2D eigenvalue weighted by molar-refractivity contribution is -0.118. The average molecular weight is 312 g/mol. The van der Waals surface area contributed by atoms with Crippen molar-refractivity contribution in [2.24, 2.45) is 0 Å². The van der Waals surface area contributed by atoms with Gasteiger partial charge in [0.25, 0.3) is 0 Å². The normalized spacial score (nSPS) is 13.3. The molecular formula is C16H22ClNO3. The van der Waals surface area contributed by atoms with Crippen molar-refractivity contribution >= 4 is 23.5 Å². The fraction of sp³-hybridized carbons (Fsp3) is 0.500. The Morgan fingerprint density at radius 3 is 2.43 bits per heavy atom. The number of carbonyl (C=O) groups is 2. The van der Waals surface area contributed by atoms with Gasteiger partial charge in [0.15, 0.2) is 0 Å². The van der Waals surface area contributed by atoms with Crippen molar-refractivity contribution in [3.63, 3.8) is 0 Å². The van der Waals surface area contributed by atoms with Gasteiger partial charge in [-0.3, -0.25) is 4.79 Å². The van der Waals surface area contributed by atoms with Crippen molar-refractivity contribution in [1.82, 2.24) is 4.90 Å². The van der Waals surface area contributed by atoms with Gasteiger partial charge in [-0.1, -0.05) is 37.3 Å². The molecule has 0 saturated carbocycles. The third kappa shape index (κ3) is 5.05.